The first-order chi connectivity index (χ1) is 12.2. The Labute approximate surface area is 159 Å². The average Bonchev–Trinajstić information content (AvgIpc) is 3.21. The number of piperazine rings is 1. The predicted molar refractivity (Wildman–Crippen MR) is 107 cm³/mol. The van der Waals surface area contributed by atoms with Crippen molar-refractivity contribution >= 4 is 15.8 Å². The van der Waals surface area contributed by atoms with Crippen LogP contribution in [0.2, 0.25) is 0 Å². The van der Waals surface area contributed by atoms with E-state index in [4.69, 9.17) is 0 Å². The highest BCUT2D eigenvalue weighted by atomic mass is 32.2. The SMILES string of the molecule is CN=C(NCCS(=O)(=O)C(C)(C)C)N1CCN(C2CC3CCC2C3)CC1. The van der Waals surface area contributed by atoms with Crippen molar-refractivity contribution in [2.75, 3.05) is 45.5 Å². The second kappa shape index (κ2) is 7.66. The summed E-state index contributed by atoms with van der Waals surface area (Å²) in [6.45, 7) is 9.81. The minimum absolute atomic E-state index is 0.140. The summed E-state index contributed by atoms with van der Waals surface area (Å²) in [5.41, 5.74) is 0. The quantitative estimate of drug-likeness (QED) is 0.589. The lowest BCUT2D eigenvalue weighted by Crippen LogP contribution is -2.56. The Balaban J connectivity index is 1.45. The van der Waals surface area contributed by atoms with Gasteiger partial charge in [-0.05, 0) is 51.9 Å². The van der Waals surface area contributed by atoms with Crippen LogP contribution in [0.25, 0.3) is 0 Å². The van der Waals surface area contributed by atoms with Crippen LogP contribution in [0.3, 0.4) is 0 Å². The number of rotatable bonds is 4. The molecule has 0 spiro atoms. The molecule has 1 saturated heterocycles. The van der Waals surface area contributed by atoms with Crippen LogP contribution < -0.4 is 5.32 Å². The molecule has 0 amide bonds. The summed E-state index contributed by atoms with van der Waals surface area (Å²) in [4.78, 5) is 9.34. The van der Waals surface area contributed by atoms with E-state index in [9.17, 15) is 8.42 Å². The molecule has 2 bridgehead atoms. The zero-order valence-electron chi connectivity index (χ0n) is 16.9. The van der Waals surface area contributed by atoms with Crippen molar-refractivity contribution in [3.63, 3.8) is 0 Å². The van der Waals surface area contributed by atoms with Gasteiger partial charge in [0.25, 0.3) is 0 Å². The average molecular weight is 385 g/mol. The molecule has 0 radical (unpaired) electrons. The zero-order chi connectivity index (χ0) is 18.9. The van der Waals surface area contributed by atoms with Crippen LogP contribution in [-0.4, -0.2) is 80.5 Å². The summed E-state index contributed by atoms with van der Waals surface area (Å²) < 4.78 is 23.8. The highest BCUT2D eigenvalue weighted by molar-refractivity contribution is 7.92. The van der Waals surface area contributed by atoms with Gasteiger partial charge in [0.15, 0.2) is 15.8 Å². The number of hydrogen-bond donors (Lipinski definition) is 1. The predicted octanol–water partition coefficient (Wildman–Crippen LogP) is 1.58. The molecule has 7 heteroatoms. The van der Waals surface area contributed by atoms with Gasteiger partial charge in [-0.2, -0.15) is 0 Å². The number of sulfone groups is 1. The summed E-state index contributed by atoms with van der Waals surface area (Å²) >= 11 is 0. The van der Waals surface area contributed by atoms with Gasteiger partial charge in [0.05, 0.1) is 10.5 Å². The van der Waals surface area contributed by atoms with Crippen molar-refractivity contribution in [2.45, 2.75) is 57.2 Å². The van der Waals surface area contributed by atoms with Crippen LogP contribution in [0, 0.1) is 11.8 Å². The van der Waals surface area contributed by atoms with Crippen LogP contribution in [0.1, 0.15) is 46.5 Å². The van der Waals surface area contributed by atoms with Gasteiger partial charge in [-0.3, -0.25) is 9.89 Å². The van der Waals surface area contributed by atoms with Crippen molar-refractivity contribution in [1.29, 1.82) is 0 Å². The molecule has 150 valence electrons. The molecule has 3 fully saturated rings. The second-order valence-electron chi connectivity index (χ2n) is 9.17. The molecule has 3 unspecified atom stereocenters. The molecule has 2 saturated carbocycles. The molecule has 1 N–H and O–H groups in total. The van der Waals surface area contributed by atoms with Gasteiger partial charge in [0.1, 0.15) is 0 Å². The summed E-state index contributed by atoms with van der Waals surface area (Å²) in [6.07, 6.45) is 5.74. The fourth-order valence-corrected chi connectivity index (χ4v) is 5.84. The van der Waals surface area contributed by atoms with Crippen molar-refractivity contribution < 1.29 is 8.42 Å². The van der Waals surface area contributed by atoms with Crippen molar-refractivity contribution in [1.82, 2.24) is 15.1 Å². The summed E-state index contributed by atoms with van der Waals surface area (Å²) in [6, 6.07) is 0.808. The fraction of sp³-hybridized carbons (Fsp3) is 0.947. The number of hydrogen-bond acceptors (Lipinski definition) is 4. The van der Waals surface area contributed by atoms with Crippen LogP contribution in [0.4, 0.5) is 0 Å². The van der Waals surface area contributed by atoms with E-state index < -0.39 is 14.6 Å². The summed E-state index contributed by atoms with van der Waals surface area (Å²) in [5, 5.41) is 3.26. The van der Waals surface area contributed by atoms with Gasteiger partial charge in [-0.15, -0.1) is 0 Å². The lowest BCUT2D eigenvalue weighted by molar-refractivity contribution is 0.0959. The van der Waals surface area contributed by atoms with Crippen LogP contribution in [0.15, 0.2) is 4.99 Å². The van der Waals surface area contributed by atoms with Crippen molar-refractivity contribution in [3.8, 4) is 0 Å². The third kappa shape index (κ3) is 4.19. The van der Waals surface area contributed by atoms with E-state index >= 15 is 0 Å². The van der Waals surface area contributed by atoms with Gasteiger partial charge >= 0.3 is 0 Å². The Morgan fingerprint density at radius 1 is 1.12 bits per heavy atom. The molecule has 26 heavy (non-hydrogen) atoms. The maximum absolute atomic E-state index is 12.3. The Bertz CT molecular complexity index is 618. The lowest BCUT2D eigenvalue weighted by Gasteiger charge is -2.42. The fourth-order valence-electron chi connectivity index (χ4n) is 4.86. The molecule has 3 aliphatic rings. The third-order valence-electron chi connectivity index (χ3n) is 6.58. The largest absolute Gasteiger partial charge is 0.355 e. The Morgan fingerprint density at radius 3 is 2.31 bits per heavy atom. The molecule has 1 aliphatic heterocycles. The maximum Gasteiger partial charge on any atom is 0.193 e. The van der Waals surface area contributed by atoms with E-state index in [1.54, 1.807) is 27.8 Å². The van der Waals surface area contributed by atoms with Gasteiger partial charge in [-0.1, -0.05) is 6.42 Å². The van der Waals surface area contributed by atoms with Crippen molar-refractivity contribution in [3.05, 3.63) is 0 Å². The van der Waals surface area contributed by atoms with Gasteiger partial charge in [0.2, 0.25) is 0 Å². The topological polar surface area (TPSA) is 65.0 Å². The highest BCUT2D eigenvalue weighted by Crippen LogP contribution is 2.46. The van der Waals surface area contributed by atoms with Crippen LogP contribution in [0.5, 0.6) is 0 Å². The Morgan fingerprint density at radius 2 is 1.81 bits per heavy atom. The number of guanidine groups is 1. The first-order valence-electron chi connectivity index (χ1n) is 10.1. The molecular weight excluding hydrogens is 348 g/mol. The molecule has 3 atom stereocenters. The van der Waals surface area contributed by atoms with E-state index in [0.29, 0.717) is 6.54 Å². The monoisotopic (exact) mass is 384 g/mol. The van der Waals surface area contributed by atoms with Gasteiger partial charge in [-0.25, -0.2) is 8.42 Å². The number of fused-ring (bicyclic) bond motifs is 2. The molecular formula is C19H36N4O2S. The van der Waals surface area contributed by atoms with Gasteiger partial charge < -0.3 is 10.2 Å². The third-order valence-corrected chi connectivity index (χ3v) is 9.19. The van der Waals surface area contributed by atoms with Crippen LogP contribution >= 0.6 is 0 Å². The first-order valence-corrected chi connectivity index (χ1v) is 11.8. The van der Waals surface area contributed by atoms with Crippen LogP contribution in [-0.2, 0) is 9.84 Å². The lowest BCUT2D eigenvalue weighted by atomic mass is 9.93. The minimum Gasteiger partial charge on any atom is -0.355 e. The van der Waals surface area contributed by atoms with E-state index in [1.165, 1.54) is 25.7 Å². The smallest absolute Gasteiger partial charge is 0.193 e. The Hall–Kier alpha value is -0.820. The summed E-state index contributed by atoms with van der Waals surface area (Å²) in [5.74, 6) is 2.90. The molecule has 1 heterocycles. The number of nitrogens with one attached hydrogen (secondary N) is 1. The second-order valence-corrected chi connectivity index (χ2v) is 12.0. The minimum atomic E-state index is -3.10. The molecule has 0 aromatic rings. The van der Waals surface area contributed by atoms with Crippen molar-refractivity contribution in [2.24, 2.45) is 16.8 Å². The van der Waals surface area contributed by atoms with E-state index in [1.807, 2.05) is 0 Å². The normalized spacial score (nSPS) is 30.8. The molecule has 0 aromatic carbocycles. The van der Waals surface area contributed by atoms with E-state index in [2.05, 4.69) is 20.1 Å². The molecule has 3 rings (SSSR count). The standard InChI is InChI=1S/C19H36N4O2S/c1-19(2,3)26(24,25)12-7-21-18(20-4)23-10-8-22(9-11-23)17-14-15-5-6-16(17)13-15/h15-17H,5-14H2,1-4H3,(H,20,21). The molecule has 6 nitrogen and oxygen atoms in total. The molecule has 0 aromatic heterocycles. The summed E-state index contributed by atoms with van der Waals surface area (Å²) in [7, 11) is -1.32. The van der Waals surface area contributed by atoms with Gasteiger partial charge in [0, 0.05) is 45.8 Å². The zero-order valence-corrected chi connectivity index (χ0v) is 17.7. The van der Waals surface area contributed by atoms with E-state index in [-0.39, 0.29) is 5.75 Å². The first kappa shape index (κ1) is 19.9. The highest BCUT2D eigenvalue weighted by Gasteiger charge is 2.42. The maximum atomic E-state index is 12.3. The molecule has 2 aliphatic carbocycles. The Kier molecular flexibility index (Phi) is 5.87. The number of aliphatic imine (C=N–C) groups is 1. The number of nitrogens with zero attached hydrogens (tertiary/aromatic N) is 3. The van der Waals surface area contributed by atoms with E-state index in [0.717, 1.165) is 50.0 Å².